The second kappa shape index (κ2) is 6.71. The molecule has 1 N–H and O–H groups in total. The van der Waals surface area contributed by atoms with Crippen LogP contribution in [0.4, 0.5) is 5.69 Å². The van der Waals surface area contributed by atoms with Gasteiger partial charge in [0.15, 0.2) is 0 Å². The zero-order valence-corrected chi connectivity index (χ0v) is 12.3. The molecular formula is C18H18N2O. The van der Waals surface area contributed by atoms with Crippen LogP contribution in [0.5, 0.6) is 0 Å². The van der Waals surface area contributed by atoms with Crippen LogP contribution in [0, 0.1) is 18.3 Å². The number of hydrogen-bond acceptors (Lipinski definition) is 2. The predicted octanol–water partition coefficient (Wildman–Crippen LogP) is 4.00. The maximum Gasteiger partial charge on any atom is 0.231 e. The summed E-state index contributed by atoms with van der Waals surface area (Å²) < 4.78 is 0. The van der Waals surface area contributed by atoms with Crippen molar-refractivity contribution in [3.8, 4) is 6.07 Å². The third-order valence-corrected chi connectivity index (χ3v) is 3.55. The van der Waals surface area contributed by atoms with Crippen LogP contribution in [-0.4, -0.2) is 5.91 Å². The lowest BCUT2D eigenvalue weighted by atomic mass is 9.95. The fourth-order valence-electron chi connectivity index (χ4n) is 2.30. The second-order valence-electron chi connectivity index (χ2n) is 5.00. The van der Waals surface area contributed by atoms with Gasteiger partial charge in [0, 0.05) is 5.69 Å². The van der Waals surface area contributed by atoms with Crippen LogP contribution in [0.3, 0.4) is 0 Å². The Balaban J connectivity index is 2.23. The van der Waals surface area contributed by atoms with Gasteiger partial charge in [0.2, 0.25) is 5.91 Å². The van der Waals surface area contributed by atoms with Crippen LogP contribution in [0.2, 0.25) is 0 Å². The Morgan fingerprint density at radius 2 is 1.95 bits per heavy atom. The van der Waals surface area contributed by atoms with E-state index in [0.717, 1.165) is 17.5 Å². The number of amides is 1. The quantitative estimate of drug-likeness (QED) is 0.919. The van der Waals surface area contributed by atoms with Gasteiger partial charge < -0.3 is 5.32 Å². The van der Waals surface area contributed by atoms with E-state index in [1.807, 2.05) is 50.2 Å². The second-order valence-corrected chi connectivity index (χ2v) is 5.00. The minimum absolute atomic E-state index is 0.0399. The molecule has 2 rings (SSSR count). The Morgan fingerprint density at radius 3 is 2.57 bits per heavy atom. The molecular weight excluding hydrogens is 260 g/mol. The van der Waals surface area contributed by atoms with Gasteiger partial charge in [0.1, 0.15) is 0 Å². The van der Waals surface area contributed by atoms with Crippen molar-refractivity contribution >= 4 is 11.6 Å². The van der Waals surface area contributed by atoms with Gasteiger partial charge in [-0.2, -0.15) is 5.26 Å². The van der Waals surface area contributed by atoms with Gasteiger partial charge in [0.05, 0.1) is 17.6 Å². The molecule has 2 aromatic carbocycles. The standard InChI is InChI=1S/C18H18N2O/c1-3-16(15-7-5-4-6-8-15)18(21)20-17-11-14(12-19)10-9-13(17)2/h4-11,16H,3H2,1-2H3,(H,20,21). The number of rotatable bonds is 4. The fourth-order valence-corrected chi connectivity index (χ4v) is 2.30. The van der Waals surface area contributed by atoms with Gasteiger partial charge in [-0.05, 0) is 36.6 Å². The Bertz CT molecular complexity index is 671. The summed E-state index contributed by atoms with van der Waals surface area (Å²) in [4.78, 5) is 12.5. The van der Waals surface area contributed by atoms with E-state index >= 15 is 0 Å². The number of carbonyl (C=O) groups excluding carboxylic acids is 1. The highest BCUT2D eigenvalue weighted by atomic mass is 16.1. The summed E-state index contributed by atoms with van der Waals surface area (Å²) in [5.74, 6) is -0.224. The van der Waals surface area contributed by atoms with E-state index in [9.17, 15) is 4.79 Å². The number of nitriles is 1. The highest BCUT2D eigenvalue weighted by Crippen LogP contribution is 2.23. The van der Waals surface area contributed by atoms with E-state index in [1.165, 1.54) is 0 Å². The Labute approximate surface area is 125 Å². The van der Waals surface area contributed by atoms with Gasteiger partial charge in [-0.1, -0.05) is 43.3 Å². The molecule has 0 saturated carbocycles. The lowest BCUT2D eigenvalue weighted by molar-refractivity contribution is -0.117. The van der Waals surface area contributed by atoms with Gasteiger partial charge >= 0.3 is 0 Å². The summed E-state index contributed by atoms with van der Waals surface area (Å²) in [6.45, 7) is 3.91. The monoisotopic (exact) mass is 278 g/mol. The van der Waals surface area contributed by atoms with E-state index in [1.54, 1.807) is 12.1 Å². The lowest BCUT2D eigenvalue weighted by Gasteiger charge is -2.16. The lowest BCUT2D eigenvalue weighted by Crippen LogP contribution is -2.21. The average molecular weight is 278 g/mol. The summed E-state index contributed by atoms with van der Waals surface area (Å²) >= 11 is 0. The van der Waals surface area contributed by atoms with Gasteiger partial charge in [-0.15, -0.1) is 0 Å². The van der Waals surface area contributed by atoms with Crippen molar-refractivity contribution in [3.63, 3.8) is 0 Å². The van der Waals surface area contributed by atoms with E-state index in [4.69, 9.17) is 5.26 Å². The Morgan fingerprint density at radius 1 is 1.24 bits per heavy atom. The average Bonchev–Trinajstić information content (AvgIpc) is 2.51. The molecule has 2 aromatic rings. The molecule has 0 aromatic heterocycles. The summed E-state index contributed by atoms with van der Waals surface area (Å²) in [6.07, 6.45) is 0.729. The Hall–Kier alpha value is -2.60. The van der Waals surface area contributed by atoms with Crippen LogP contribution >= 0.6 is 0 Å². The minimum Gasteiger partial charge on any atom is -0.325 e. The zero-order chi connectivity index (χ0) is 15.2. The molecule has 0 fully saturated rings. The third kappa shape index (κ3) is 3.49. The van der Waals surface area contributed by atoms with Crippen molar-refractivity contribution in [1.29, 1.82) is 5.26 Å². The maximum absolute atomic E-state index is 12.5. The summed E-state index contributed by atoms with van der Waals surface area (Å²) in [7, 11) is 0. The van der Waals surface area contributed by atoms with Crippen LogP contribution < -0.4 is 5.32 Å². The van der Waals surface area contributed by atoms with Crippen molar-refractivity contribution < 1.29 is 4.79 Å². The van der Waals surface area contributed by atoms with Crippen LogP contribution in [0.1, 0.15) is 36.0 Å². The molecule has 0 heterocycles. The van der Waals surface area contributed by atoms with Gasteiger partial charge in [-0.25, -0.2) is 0 Å². The highest BCUT2D eigenvalue weighted by molar-refractivity contribution is 5.96. The molecule has 0 spiro atoms. The molecule has 1 atom stereocenters. The van der Waals surface area contributed by atoms with Crippen molar-refractivity contribution in [2.75, 3.05) is 5.32 Å². The third-order valence-electron chi connectivity index (χ3n) is 3.55. The SMILES string of the molecule is CCC(C(=O)Nc1cc(C#N)ccc1C)c1ccccc1. The van der Waals surface area contributed by atoms with Crippen LogP contribution in [0.15, 0.2) is 48.5 Å². The van der Waals surface area contributed by atoms with E-state index < -0.39 is 0 Å². The maximum atomic E-state index is 12.5. The molecule has 0 saturated heterocycles. The van der Waals surface area contributed by atoms with Gasteiger partial charge in [-0.3, -0.25) is 4.79 Å². The van der Waals surface area contributed by atoms with Gasteiger partial charge in [0.25, 0.3) is 0 Å². The molecule has 1 unspecified atom stereocenters. The first-order valence-corrected chi connectivity index (χ1v) is 7.02. The molecule has 21 heavy (non-hydrogen) atoms. The molecule has 0 aliphatic carbocycles. The molecule has 3 nitrogen and oxygen atoms in total. The number of nitrogens with one attached hydrogen (secondary N) is 1. The van der Waals surface area contributed by atoms with Crippen molar-refractivity contribution in [3.05, 3.63) is 65.2 Å². The molecule has 0 aliphatic rings. The topological polar surface area (TPSA) is 52.9 Å². The van der Waals surface area contributed by atoms with E-state index in [2.05, 4.69) is 11.4 Å². The molecule has 106 valence electrons. The summed E-state index contributed by atoms with van der Waals surface area (Å²) in [6, 6.07) is 17.1. The zero-order valence-electron chi connectivity index (χ0n) is 12.3. The predicted molar refractivity (Wildman–Crippen MR) is 84.0 cm³/mol. The highest BCUT2D eigenvalue weighted by Gasteiger charge is 2.19. The normalized spacial score (nSPS) is 11.5. The number of carbonyl (C=O) groups is 1. The van der Waals surface area contributed by atoms with Crippen molar-refractivity contribution in [2.45, 2.75) is 26.2 Å². The number of aryl methyl sites for hydroxylation is 1. The van der Waals surface area contributed by atoms with Crippen LogP contribution in [0.25, 0.3) is 0 Å². The molecule has 1 amide bonds. The summed E-state index contributed by atoms with van der Waals surface area (Å²) in [5, 5.41) is 11.9. The smallest absolute Gasteiger partial charge is 0.231 e. The number of benzene rings is 2. The first-order chi connectivity index (χ1) is 10.2. The van der Waals surface area contributed by atoms with Crippen LogP contribution in [-0.2, 0) is 4.79 Å². The molecule has 0 radical (unpaired) electrons. The molecule has 0 aliphatic heterocycles. The largest absolute Gasteiger partial charge is 0.325 e. The first kappa shape index (κ1) is 14.8. The fraction of sp³-hybridized carbons (Fsp3) is 0.222. The Kier molecular flexibility index (Phi) is 4.73. The summed E-state index contributed by atoms with van der Waals surface area (Å²) in [5.41, 5.74) is 3.20. The van der Waals surface area contributed by atoms with Crippen molar-refractivity contribution in [2.24, 2.45) is 0 Å². The van der Waals surface area contributed by atoms with Crippen molar-refractivity contribution in [1.82, 2.24) is 0 Å². The van der Waals surface area contributed by atoms with E-state index in [-0.39, 0.29) is 11.8 Å². The minimum atomic E-state index is -0.184. The first-order valence-electron chi connectivity index (χ1n) is 7.02. The molecule has 3 heteroatoms. The number of nitrogens with zero attached hydrogens (tertiary/aromatic N) is 1. The number of anilines is 1. The molecule has 0 bridgehead atoms. The van der Waals surface area contributed by atoms with E-state index in [0.29, 0.717) is 11.3 Å². The number of hydrogen-bond donors (Lipinski definition) is 1.